The molecule has 0 aliphatic rings. The number of aromatic nitrogens is 1. The lowest BCUT2D eigenvalue weighted by Gasteiger charge is -2.08. The van der Waals surface area contributed by atoms with Crippen molar-refractivity contribution in [3.63, 3.8) is 0 Å². The zero-order valence-corrected chi connectivity index (χ0v) is 14.7. The molecule has 0 atom stereocenters. The van der Waals surface area contributed by atoms with Crippen LogP contribution in [0.1, 0.15) is 5.69 Å². The summed E-state index contributed by atoms with van der Waals surface area (Å²) in [6.07, 6.45) is 1.70. The Hall–Kier alpha value is -0.990. The Morgan fingerprint density at radius 1 is 1.20 bits per heavy atom. The third kappa shape index (κ3) is 3.77. The fourth-order valence-corrected chi connectivity index (χ4v) is 3.04. The van der Waals surface area contributed by atoms with Crippen LogP contribution in [0.5, 0.6) is 0 Å². The molecule has 2 rings (SSSR count). The Bertz CT molecular complexity index is 664. The van der Waals surface area contributed by atoms with Gasteiger partial charge in [-0.2, -0.15) is 0 Å². The molecule has 1 heterocycles. The van der Waals surface area contributed by atoms with Crippen molar-refractivity contribution >= 4 is 59.2 Å². The van der Waals surface area contributed by atoms with Crippen molar-refractivity contribution in [2.24, 2.45) is 0 Å². The molecule has 1 aromatic carbocycles. The van der Waals surface area contributed by atoms with Crippen molar-refractivity contribution in [2.45, 2.75) is 6.54 Å². The summed E-state index contributed by atoms with van der Waals surface area (Å²) in [5.41, 5.74) is 1.51. The van der Waals surface area contributed by atoms with Crippen molar-refractivity contribution in [3.05, 3.63) is 59.7 Å². The number of pyridine rings is 1. The van der Waals surface area contributed by atoms with E-state index < -0.39 is 4.92 Å². The molecule has 0 saturated heterocycles. The van der Waals surface area contributed by atoms with Gasteiger partial charge in [-0.05, 0) is 66.0 Å². The van der Waals surface area contributed by atoms with Gasteiger partial charge in [0.25, 0.3) is 5.69 Å². The van der Waals surface area contributed by atoms with Crippen LogP contribution in [0.25, 0.3) is 0 Å². The van der Waals surface area contributed by atoms with E-state index in [0.29, 0.717) is 16.7 Å². The number of rotatable bonds is 4. The normalized spacial score (nSPS) is 10.3. The lowest BCUT2D eigenvalue weighted by atomic mass is 10.2. The van der Waals surface area contributed by atoms with Crippen LogP contribution in [0, 0.1) is 10.1 Å². The number of nitro benzene ring substituents is 1. The van der Waals surface area contributed by atoms with Crippen LogP contribution in [0.3, 0.4) is 0 Å². The molecular weight excluding hydrogens is 458 g/mol. The first-order valence-corrected chi connectivity index (χ1v) is 7.83. The second kappa shape index (κ2) is 6.64. The minimum absolute atomic E-state index is 0.0258. The highest BCUT2D eigenvalue weighted by Gasteiger charge is 2.12. The van der Waals surface area contributed by atoms with E-state index in [4.69, 9.17) is 0 Å². The Labute approximate surface area is 140 Å². The summed E-state index contributed by atoms with van der Waals surface area (Å²) in [5, 5.41) is 14.0. The molecule has 1 aromatic heterocycles. The Balaban J connectivity index is 2.15. The molecule has 0 aliphatic carbocycles. The highest BCUT2D eigenvalue weighted by Crippen LogP contribution is 2.28. The first-order chi connectivity index (χ1) is 9.47. The third-order valence-corrected chi connectivity index (χ3v) is 4.28. The third-order valence-electron chi connectivity index (χ3n) is 2.49. The number of nitrogens with one attached hydrogen (secondary N) is 1. The molecule has 0 amide bonds. The SMILES string of the molecule is O=[N+]([O-])c1cc(NCc2ncc(Br)cc2Br)ccc1Br. The predicted molar refractivity (Wildman–Crippen MR) is 87.8 cm³/mol. The molecule has 5 nitrogen and oxygen atoms in total. The van der Waals surface area contributed by atoms with Gasteiger partial charge in [-0.25, -0.2) is 0 Å². The van der Waals surface area contributed by atoms with Crippen molar-refractivity contribution in [3.8, 4) is 0 Å². The van der Waals surface area contributed by atoms with Gasteiger partial charge in [0.1, 0.15) is 0 Å². The Morgan fingerprint density at radius 3 is 2.60 bits per heavy atom. The average Bonchev–Trinajstić information content (AvgIpc) is 2.39. The highest BCUT2D eigenvalue weighted by molar-refractivity contribution is 9.11. The summed E-state index contributed by atoms with van der Waals surface area (Å²) in [4.78, 5) is 14.7. The molecule has 0 unspecified atom stereocenters. The first-order valence-electron chi connectivity index (χ1n) is 5.45. The highest BCUT2D eigenvalue weighted by atomic mass is 79.9. The maximum absolute atomic E-state index is 10.9. The molecular formula is C12H8Br3N3O2. The van der Waals surface area contributed by atoms with E-state index in [2.05, 4.69) is 58.1 Å². The maximum Gasteiger partial charge on any atom is 0.285 e. The van der Waals surface area contributed by atoms with E-state index in [1.54, 1.807) is 18.3 Å². The minimum Gasteiger partial charge on any atom is -0.379 e. The number of benzene rings is 1. The molecule has 0 saturated carbocycles. The van der Waals surface area contributed by atoms with E-state index >= 15 is 0 Å². The zero-order chi connectivity index (χ0) is 14.7. The predicted octanol–water partition coefficient (Wildman–Crippen LogP) is 4.89. The molecule has 0 spiro atoms. The molecule has 1 N–H and O–H groups in total. The van der Waals surface area contributed by atoms with Crippen LogP contribution in [-0.2, 0) is 6.54 Å². The average molecular weight is 466 g/mol. The fourth-order valence-electron chi connectivity index (χ4n) is 1.52. The van der Waals surface area contributed by atoms with Gasteiger partial charge in [0.05, 0.1) is 21.6 Å². The van der Waals surface area contributed by atoms with E-state index in [9.17, 15) is 10.1 Å². The van der Waals surface area contributed by atoms with Crippen LogP contribution in [0.2, 0.25) is 0 Å². The van der Waals surface area contributed by atoms with Gasteiger partial charge in [0.2, 0.25) is 0 Å². The lowest BCUT2D eigenvalue weighted by Crippen LogP contribution is -2.03. The topological polar surface area (TPSA) is 68.1 Å². The number of hydrogen-bond acceptors (Lipinski definition) is 4. The zero-order valence-electron chi connectivity index (χ0n) is 9.94. The number of nitrogens with zero attached hydrogens (tertiary/aromatic N) is 2. The number of hydrogen-bond donors (Lipinski definition) is 1. The van der Waals surface area contributed by atoms with Gasteiger partial charge in [-0.15, -0.1) is 0 Å². The Morgan fingerprint density at radius 2 is 1.95 bits per heavy atom. The van der Waals surface area contributed by atoms with Gasteiger partial charge >= 0.3 is 0 Å². The van der Waals surface area contributed by atoms with Crippen LogP contribution in [0.15, 0.2) is 43.9 Å². The summed E-state index contributed by atoms with van der Waals surface area (Å²) in [6.45, 7) is 0.465. The second-order valence-corrected chi connectivity index (χ2v) is 6.48. The summed E-state index contributed by atoms with van der Waals surface area (Å²) >= 11 is 9.91. The van der Waals surface area contributed by atoms with E-state index in [-0.39, 0.29) is 5.69 Å². The summed E-state index contributed by atoms with van der Waals surface area (Å²) < 4.78 is 2.20. The Kier molecular flexibility index (Phi) is 5.11. The molecule has 104 valence electrons. The number of anilines is 1. The molecule has 20 heavy (non-hydrogen) atoms. The van der Waals surface area contributed by atoms with Crippen LogP contribution < -0.4 is 5.32 Å². The molecule has 0 radical (unpaired) electrons. The van der Waals surface area contributed by atoms with Gasteiger partial charge < -0.3 is 5.32 Å². The van der Waals surface area contributed by atoms with Crippen molar-refractivity contribution in [1.29, 1.82) is 0 Å². The minimum atomic E-state index is -0.428. The summed E-state index contributed by atoms with van der Waals surface area (Å²) in [7, 11) is 0. The smallest absolute Gasteiger partial charge is 0.285 e. The molecule has 8 heteroatoms. The van der Waals surface area contributed by atoms with Crippen molar-refractivity contribution < 1.29 is 4.92 Å². The molecule has 0 aliphatic heterocycles. The van der Waals surface area contributed by atoms with E-state index in [1.807, 2.05) is 6.07 Å². The van der Waals surface area contributed by atoms with Crippen LogP contribution >= 0.6 is 47.8 Å². The lowest BCUT2D eigenvalue weighted by molar-refractivity contribution is -0.385. The molecule has 0 bridgehead atoms. The second-order valence-electron chi connectivity index (χ2n) is 3.86. The number of halogens is 3. The monoisotopic (exact) mass is 463 g/mol. The first kappa shape index (κ1) is 15.4. The summed E-state index contributed by atoms with van der Waals surface area (Å²) in [5.74, 6) is 0. The number of nitro groups is 1. The van der Waals surface area contributed by atoms with Gasteiger partial charge in [0.15, 0.2) is 0 Å². The maximum atomic E-state index is 10.9. The quantitative estimate of drug-likeness (QED) is 0.515. The van der Waals surface area contributed by atoms with E-state index in [0.717, 1.165) is 14.6 Å². The standard InChI is InChI=1S/C12H8Br3N3O2/c13-7-3-10(15)11(17-5-7)6-16-8-1-2-9(14)12(4-8)18(19)20/h1-5,16H,6H2. The van der Waals surface area contributed by atoms with E-state index in [1.165, 1.54) is 6.07 Å². The van der Waals surface area contributed by atoms with Gasteiger partial charge in [-0.1, -0.05) is 0 Å². The van der Waals surface area contributed by atoms with Crippen LogP contribution in [0.4, 0.5) is 11.4 Å². The molecule has 0 fully saturated rings. The fraction of sp³-hybridized carbons (Fsp3) is 0.0833. The van der Waals surface area contributed by atoms with Gasteiger partial charge in [0, 0.05) is 26.9 Å². The largest absolute Gasteiger partial charge is 0.379 e. The van der Waals surface area contributed by atoms with Crippen LogP contribution in [-0.4, -0.2) is 9.91 Å². The molecule has 2 aromatic rings. The van der Waals surface area contributed by atoms with Crippen molar-refractivity contribution in [2.75, 3.05) is 5.32 Å². The van der Waals surface area contributed by atoms with Crippen molar-refractivity contribution in [1.82, 2.24) is 4.98 Å². The summed E-state index contributed by atoms with van der Waals surface area (Å²) in [6, 6.07) is 6.79. The van der Waals surface area contributed by atoms with Gasteiger partial charge in [-0.3, -0.25) is 15.1 Å².